The number of para-hydroxylation sites is 1. The lowest BCUT2D eigenvalue weighted by Gasteiger charge is -2.38. The standard InChI is InChI=1S/C93H121F3N18O21S/c1-7-8-25-71(91(133)114-47-59(118)42-73(114)88(130)107-68(43-78(122)123)86(128)109-80(51(2)3)92(134)111(5)72(39-52-18-11-9-12-19-52)87(129)104-64(30-31-75(98)119)81-93(135-81)113-34-32-58(117)46-113)110(4)90(132)74(40-53-20-13-10-14-21-53)112(6)89(131)69(38-55-35-61(94)79(96)62(95)36-55)103-77(121)49-136-48-70(82(124)101-45-76(99)120)108-83(125)65(24-17-33-97)105-85(127)67(37-54-26-28-57(116)29-27-54)106-84(126)66(102-50-115)41-56-44-100-63-23-16-15-22-60(56)63/h9-16,18-23,26-29,35-36,44,50-51,58-59,64-74,80-81,93,100,116-118H,7-8,17,24-25,30-34,37-43,45-49,97H2,1-6H3,(H2,98,119)(H2,99,120)(H,101,124)(H,102,115)(H,103,121)(H,104,129)(H,105,127)(H,106,126)(H,107,130)(H,108,125)(H,109,128)(H,122,123)/t58-,59-,64+,65+,66+,67+,68+,69+,70+,71+,72?,73-,74?,80+,81?,93?/m1/s1. The summed E-state index contributed by atoms with van der Waals surface area (Å²) in [6, 6.07) is 12.4. The molecular formula is C93H121F3N18O21S. The Hall–Kier alpha value is -13.1. The molecule has 20 N–H and O–H groups in total. The first-order chi connectivity index (χ1) is 64.8. The molecule has 0 radical (unpaired) electrons. The normalized spacial score (nSPS) is 18.1. The number of halogens is 3. The van der Waals surface area contributed by atoms with E-state index in [1.54, 1.807) is 99.8 Å². The summed E-state index contributed by atoms with van der Waals surface area (Å²) < 4.78 is 51.1. The number of fused-ring (bicyclic) bond motifs is 1. The molecule has 0 aliphatic carbocycles. The van der Waals surface area contributed by atoms with Gasteiger partial charge in [-0.15, -0.1) is 11.8 Å². The molecule has 4 unspecified atom stereocenters. The number of rotatable bonds is 53. The van der Waals surface area contributed by atoms with Gasteiger partial charge in [0.1, 0.15) is 84.5 Å². The highest BCUT2D eigenvalue weighted by Gasteiger charge is 2.52. The molecule has 1 aromatic heterocycles. The number of carbonyl (C=O) groups excluding carboxylic acids is 15. The van der Waals surface area contributed by atoms with Crippen LogP contribution in [0.15, 0.2) is 128 Å². The number of benzene rings is 5. The number of thioether (sulfide) groups is 1. The Morgan fingerprint density at radius 3 is 1.79 bits per heavy atom. The maximum atomic E-state index is 15.7. The second-order valence-electron chi connectivity index (χ2n) is 34.5. The van der Waals surface area contributed by atoms with E-state index in [4.69, 9.17) is 21.9 Å². The fourth-order valence-corrected chi connectivity index (χ4v) is 17.3. The quantitative estimate of drug-likeness (QED) is 0.0126. The molecule has 3 fully saturated rings. The van der Waals surface area contributed by atoms with Crippen molar-refractivity contribution in [1.82, 2.24) is 77.3 Å². The Kier molecular flexibility index (Phi) is 40.0. The molecular weight excluding hydrogens is 1790 g/mol. The highest BCUT2D eigenvalue weighted by Crippen LogP contribution is 2.34. The lowest BCUT2D eigenvalue weighted by Crippen LogP contribution is -2.61. The third-order valence-electron chi connectivity index (χ3n) is 24.0. The SMILES string of the molecule is CCCC[C@@H](C(=O)N1C[C@H](O)C[C@@H]1C(=O)N[C@@H](CC(=O)O)C(=O)N[C@H](C(=O)N(C)C(Cc1ccccc1)C(=O)N[C@@H](CCC(N)=O)C1OC1N1CC[C@@H](O)C1)C(C)C)N(C)C(=O)C(Cc1ccccc1)N(C)C(=O)[C@H](Cc1cc(F)c(F)c(F)c1)NC(=O)CSC[C@H](NC(=O)[C@H](CCCN)NC(=O)[C@H](Cc1ccc(O)cc1)NC(=O)[C@H](Cc1c[nH]c2ccccc12)NC=O)C(=O)NCC(N)=O. The molecule has 136 heavy (non-hydrogen) atoms. The summed E-state index contributed by atoms with van der Waals surface area (Å²) in [6.07, 6.45) is -3.46. The van der Waals surface area contributed by atoms with Crippen LogP contribution in [0.4, 0.5) is 13.2 Å². The topological polar surface area (TPSA) is 585 Å². The van der Waals surface area contributed by atoms with Crippen LogP contribution in [0.5, 0.6) is 5.75 Å². The Labute approximate surface area is 787 Å². The zero-order chi connectivity index (χ0) is 99.3. The number of ether oxygens (including phenoxy) is 1. The van der Waals surface area contributed by atoms with Gasteiger partial charge in [-0.3, -0.25) is 81.6 Å². The number of hydrogen-bond donors (Lipinski definition) is 17. The van der Waals surface area contributed by atoms with Crippen LogP contribution < -0.4 is 65.1 Å². The number of likely N-dealkylation sites (N-methyl/N-ethyl adjacent to an activating group) is 3. The first-order valence-electron chi connectivity index (χ1n) is 44.8. The predicted octanol–water partition coefficient (Wildman–Crippen LogP) is -0.793. The lowest BCUT2D eigenvalue weighted by molar-refractivity contribution is -0.152. The molecule has 736 valence electrons. The molecule has 9 rings (SSSR count). The maximum Gasteiger partial charge on any atom is 0.305 e. The number of hydrogen-bond acceptors (Lipinski definition) is 23. The number of aromatic amines is 1. The number of phenols is 1. The number of nitrogens with zero attached hydrogens (tertiary/aromatic N) is 5. The van der Waals surface area contributed by atoms with Gasteiger partial charge in [0.05, 0.1) is 37.0 Å². The van der Waals surface area contributed by atoms with Crippen molar-refractivity contribution < 1.29 is 115 Å². The minimum absolute atomic E-state index is 0.0266. The number of carboxylic acid groups (broad SMARTS) is 1. The van der Waals surface area contributed by atoms with Crippen LogP contribution in [0.25, 0.3) is 10.9 Å². The number of aliphatic carboxylic acids is 1. The summed E-state index contributed by atoms with van der Waals surface area (Å²) in [7, 11) is 3.72. The fourth-order valence-electron chi connectivity index (χ4n) is 16.5. The molecule has 5 aromatic carbocycles. The Bertz CT molecular complexity index is 5180. The number of H-pyrrole nitrogens is 1. The molecule has 16 atom stereocenters. The summed E-state index contributed by atoms with van der Waals surface area (Å²) in [5.74, 6) is -22.4. The molecule has 0 bridgehead atoms. The van der Waals surface area contributed by atoms with Crippen LogP contribution in [0.2, 0.25) is 0 Å². The number of aliphatic hydroxyl groups excluding tert-OH is 2. The predicted molar refractivity (Wildman–Crippen MR) is 490 cm³/mol. The zero-order valence-electron chi connectivity index (χ0n) is 76.3. The monoisotopic (exact) mass is 1910 g/mol. The Balaban J connectivity index is 0.919. The number of aromatic nitrogens is 1. The Morgan fingerprint density at radius 2 is 1.18 bits per heavy atom. The number of nitrogens with one attached hydrogen (secondary N) is 10. The summed E-state index contributed by atoms with van der Waals surface area (Å²) in [6.45, 7) is 4.38. The second kappa shape index (κ2) is 51.0. The van der Waals surface area contributed by atoms with Crippen LogP contribution in [-0.4, -0.2) is 307 Å². The average molecular weight is 1920 g/mol. The van der Waals surface area contributed by atoms with E-state index in [9.17, 15) is 87.1 Å². The number of aliphatic hydroxyl groups is 2. The number of aromatic hydroxyl groups is 1. The van der Waals surface area contributed by atoms with Crippen molar-refractivity contribution in [2.75, 3.05) is 65.4 Å². The lowest BCUT2D eigenvalue weighted by atomic mass is 9.98. The minimum Gasteiger partial charge on any atom is -0.508 e. The number of carboxylic acids is 1. The van der Waals surface area contributed by atoms with Gasteiger partial charge in [-0.25, -0.2) is 13.2 Å². The van der Waals surface area contributed by atoms with E-state index < -0.39 is 253 Å². The van der Waals surface area contributed by atoms with Gasteiger partial charge in [0.15, 0.2) is 17.5 Å². The van der Waals surface area contributed by atoms with Crippen LogP contribution in [0.3, 0.4) is 0 Å². The number of likely N-dealkylation sites (tertiary alicyclic amines) is 2. The van der Waals surface area contributed by atoms with E-state index in [2.05, 4.69) is 52.8 Å². The first kappa shape index (κ1) is 107. The third kappa shape index (κ3) is 30.5. The summed E-state index contributed by atoms with van der Waals surface area (Å²) in [4.78, 5) is 236. The van der Waals surface area contributed by atoms with Crippen molar-refractivity contribution in [3.05, 3.63) is 173 Å². The minimum atomic E-state index is -1.98. The van der Waals surface area contributed by atoms with Crippen LogP contribution in [0, 0.1) is 23.4 Å². The number of primary amides is 2. The van der Waals surface area contributed by atoms with Gasteiger partial charge in [-0.2, -0.15) is 0 Å². The maximum absolute atomic E-state index is 15.7. The molecule has 0 saturated carbocycles. The van der Waals surface area contributed by atoms with Gasteiger partial charge in [0.2, 0.25) is 89.1 Å². The van der Waals surface area contributed by atoms with Crippen molar-refractivity contribution in [3.8, 4) is 5.75 Å². The van der Waals surface area contributed by atoms with Crippen molar-refractivity contribution in [2.24, 2.45) is 23.1 Å². The molecule has 39 nitrogen and oxygen atoms in total. The van der Waals surface area contributed by atoms with E-state index in [1.165, 1.54) is 38.4 Å². The molecule has 3 aliphatic rings. The van der Waals surface area contributed by atoms with Crippen LogP contribution in [0.1, 0.15) is 113 Å². The van der Waals surface area contributed by atoms with Crippen molar-refractivity contribution in [1.29, 1.82) is 0 Å². The number of epoxide rings is 1. The summed E-state index contributed by atoms with van der Waals surface area (Å²) in [5.41, 5.74) is 19.3. The first-order valence-corrected chi connectivity index (χ1v) is 46.0. The van der Waals surface area contributed by atoms with Gasteiger partial charge < -0.3 is 115 Å². The van der Waals surface area contributed by atoms with Gasteiger partial charge in [-0.05, 0) is 103 Å². The molecule has 15 amide bonds. The van der Waals surface area contributed by atoms with E-state index >= 15 is 23.2 Å². The number of phenolic OH excluding ortho intramolecular Hbond substituents is 1. The number of unbranched alkanes of at least 4 members (excludes halogenated alkanes) is 1. The number of amides is 15. The average Bonchev–Trinajstić information content (AvgIpc) is 1.59. The smallest absolute Gasteiger partial charge is 0.305 e. The van der Waals surface area contributed by atoms with E-state index in [0.29, 0.717) is 78.5 Å². The number of nitrogens with two attached hydrogens (primary N) is 3. The highest BCUT2D eigenvalue weighted by atomic mass is 32.2. The fraction of sp³-hybridized carbons (Fsp3) is 0.484. The summed E-state index contributed by atoms with van der Waals surface area (Å²) in [5, 5.41) is 65.9. The van der Waals surface area contributed by atoms with E-state index in [-0.39, 0.29) is 82.1 Å². The van der Waals surface area contributed by atoms with Crippen molar-refractivity contribution in [2.45, 2.75) is 214 Å². The molecule has 4 heterocycles. The second-order valence-corrected chi connectivity index (χ2v) is 35.6. The number of carbonyl (C=O) groups is 16. The summed E-state index contributed by atoms with van der Waals surface area (Å²) >= 11 is 0.654. The van der Waals surface area contributed by atoms with Gasteiger partial charge in [0.25, 0.3) is 0 Å². The van der Waals surface area contributed by atoms with Crippen molar-refractivity contribution in [3.63, 3.8) is 0 Å². The van der Waals surface area contributed by atoms with E-state index in [0.717, 1.165) is 37.6 Å². The van der Waals surface area contributed by atoms with Gasteiger partial charge in [0, 0.05) is 109 Å². The van der Waals surface area contributed by atoms with Crippen molar-refractivity contribution >= 4 is 118 Å². The largest absolute Gasteiger partial charge is 0.508 e. The Morgan fingerprint density at radius 1 is 0.596 bits per heavy atom. The molecule has 3 saturated heterocycles. The molecule has 0 spiro atoms. The van der Waals surface area contributed by atoms with Crippen LogP contribution >= 0.6 is 11.8 Å². The zero-order valence-corrected chi connectivity index (χ0v) is 77.1. The van der Waals surface area contributed by atoms with Gasteiger partial charge >= 0.3 is 5.97 Å². The molecule has 43 heteroatoms. The van der Waals surface area contributed by atoms with E-state index in [1.807, 2.05) is 17.0 Å². The third-order valence-corrected chi connectivity index (χ3v) is 25.0. The molecule has 6 aromatic rings. The number of β-amino-alcohol motifs (C(OH)–C–C–N with tert-alkyl or cyclic N) is 2. The van der Waals surface area contributed by atoms with Gasteiger partial charge in [-0.1, -0.05) is 125 Å². The highest BCUT2D eigenvalue weighted by molar-refractivity contribution is 8.00. The van der Waals surface area contributed by atoms with Crippen LogP contribution in [-0.2, 0) is 114 Å². The molecule has 3 aliphatic heterocycles.